The van der Waals surface area contributed by atoms with E-state index in [0.29, 0.717) is 17.6 Å². The van der Waals surface area contributed by atoms with Gasteiger partial charge in [-0.15, -0.1) is 11.8 Å². The number of hydrogen-bond acceptors (Lipinski definition) is 2. The second kappa shape index (κ2) is 4.50. The average Bonchev–Trinajstić information content (AvgIpc) is 2.27. The maximum atomic E-state index is 11.2. The number of hydrogen-bond donors (Lipinski definition) is 1. The van der Waals surface area contributed by atoms with Gasteiger partial charge >= 0.3 is 0 Å². The van der Waals surface area contributed by atoms with Crippen LogP contribution in [0.4, 0.5) is 5.69 Å². The van der Waals surface area contributed by atoms with Gasteiger partial charge in [0.05, 0.1) is 11.4 Å². The summed E-state index contributed by atoms with van der Waals surface area (Å²) in [4.78, 5) is 12.4. The quantitative estimate of drug-likeness (QED) is 0.850. The van der Waals surface area contributed by atoms with E-state index in [2.05, 4.69) is 38.2 Å². The van der Waals surface area contributed by atoms with Crippen LogP contribution in [0, 0.1) is 5.92 Å². The Kier molecular flexibility index (Phi) is 3.24. The highest BCUT2D eigenvalue weighted by atomic mass is 32.2. The molecule has 1 N–H and O–H groups in total. The van der Waals surface area contributed by atoms with Crippen LogP contribution in [0.2, 0.25) is 0 Å². The molecule has 0 spiro atoms. The fourth-order valence-corrected chi connectivity index (χ4v) is 2.61. The number of nitrogens with one attached hydrogen (secondary N) is 1. The summed E-state index contributed by atoms with van der Waals surface area (Å²) < 4.78 is 0. The average molecular weight is 235 g/mol. The lowest BCUT2D eigenvalue weighted by atomic mass is 9.90. The molecular weight excluding hydrogens is 218 g/mol. The van der Waals surface area contributed by atoms with Crippen molar-refractivity contribution < 1.29 is 4.79 Å². The summed E-state index contributed by atoms with van der Waals surface area (Å²) in [5, 5.41) is 2.90. The Morgan fingerprint density at radius 3 is 2.75 bits per heavy atom. The summed E-state index contributed by atoms with van der Waals surface area (Å²) in [6.07, 6.45) is 0. The number of carbonyl (C=O) groups is 1. The van der Waals surface area contributed by atoms with Crippen LogP contribution in [-0.2, 0) is 4.79 Å². The Hall–Kier alpha value is -0.960. The molecule has 1 aliphatic heterocycles. The van der Waals surface area contributed by atoms with Crippen LogP contribution in [0.1, 0.15) is 32.3 Å². The third-order valence-corrected chi connectivity index (χ3v) is 4.22. The fraction of sp³-hybridized carbons (Fsp3) is 0.462. The highest BCUT2D eigenvalue weighted by molar-refractivity contribution is 8.00. The number of fused-ring (bicyclic) bond motifs is 1. The molecule has 0 aliphatic carbocycles. The first kappa shape index (κ1) is 11.5. The lowest BCUT2D eigenvalue weighted by Gasteiger charge is -2.21. The minimum atomic E-state index is 0.0992. The molecule has 3 heteroatoms. The Balaban J connectivity index is 2.29. The first-order chi connectivity index (χ1) is 7.58. The molecule has 1 amide bonds. The van der Waals surface area contributed by atoms with Gasteiger partial charge in [0.25, 0.3) is 0 Å². The van der Waals surface area contributed by atoms with Crippen LogP contribution in [-0.4, -0.2) is 11.7 Å². The van der Waals surface area contributed by atoms with Crippen molar-refractivity contribution in [3.63, 3.8) is 0 Å². The SMILES string of the molecule is CC(C)C(C)c1ccc2c(c1)SCC(=O)N2. The zero-order chi connectivity index (χ0) is 11.7. The topological polar surface area (TPSA) is 29.1 Å². The van der Waals surface area contributed by atoms with Crippen molar-refractivity contribution in [3.8, 4) is 0 Å². The van der Waals surface area contributed by atoms with Crippen LogP contribution in [0.5, 0.6) is 0 Å². The lowest BCUT2D eigenvalue weighted by molar-refractivity contribution is -0.113. The highest BCUT2D eigenvalue weighted by Gasteiger charge is 2.17. The maximum Gasteiger partial charge on any atom is 0.234 e. The van der Waals surface area contributed by atoms with Gasteiger partial charge in [-0.1, -0.05) is 26.8 Å². The largest absolute Gasteiger partial charge is 0.324 e. The molecule has 0 aromatic heterocycles. The first-order valence-corrected chi connectivity index (χ1v) is 6.63. The van der Waals surface area contributed by atoms with Crippen molar-refractivity contribution in [2.75, 3.05) is 11.1 Å². The Morgan fingerprint density at radius 2 is 2.06 bits per heavy atom. The fourth-order valence-electron chi connectivity index (χ4n) is 1.76. The van der Waals surface area contributed by atoms with Crippen molar-refractivity contribution in [1.29, 1.82) is 0 Å². The van der Waals surface area contributed by atoms with Gasteiger partial charge in [0.2, 0.25) is 5.91 Å². The highest BCUT2D eigenvalue weighted by Crippen LogP contribution is 2.35. The summed E-state index contributed by atoms with van der Waals surface area (Å²) in [6, 6.07) is 6.35. The predicted molar refractivity (Wildman–Crippen MR) is 69.0 cm³/mol. The minimum Gasteiger partial charge on any atom is -0.324 e. The van der Waals surface area contributed by atoms with Gasteiger partial charge in [-0.25, -0.2) is 0 Å². The van der Waals surface area contributed by atoms with Crippen molar-refractivity contribution in [1.82, 2.24) is 0 Å². The molecular formula is C13H17NOS. The van der Waals surface area contributed by atoms with Crippen LogP contribution >= 0.6 is 11.8 Å². The van der Waals surface area contributed by atoms with Crippen LogP contribution < -0.4 is 5.32 Å². The van der Waals surface area contributed by atoms with E-state index in [9.17, 15) is 4.79 Å². The van der Waals surface area contributed by atoms with E-state index in [4.69, 9.17) is 0 Å². The summed E-state index contributed by atoms with van der Waals surface area (Å²) in [6.45, 7) is 6.72. The second-order valence-electron chi connectivity index (χ2n) is 4.63. The van der Waals surface area contributed by atoms with E-state index in [0.717, 1.165) is 5.69 Å². The smallest absolute Gasteiger partial charge is 0.234 e. The van der Waals surface area contributed by atoms with Crippen molar-refractivity contribution >= 4 is 23.4 Å². The Bertz CT molecular complexity index is 414. The lowest BCUT2D eigenvalue weighted by Crippen LogP contribution is -2.18. The number of carbonyl (C=O) groups excluding carboxylic acids is 1. The van der Waals surface area contributed by atoms with E-state index >= 15 is 0 Å². The van der Waals surface area contributed by atoms with E-state index in [-0.39, 0.29) is 5.91 Å². The third kappa shape index (κ3) is 2.24. The van der Waals surface area contributed by atoms with Gasteiger partial charge in [0, 0.05) is 4.90 Å². The van der Waals surface area contributed by atoms with Crippen LogP contribution in [0.15, 0.2) is 23.1 Å². The Morgan fingerprint density at radius 1 is 1.31 bits per heavy atom. The maximum absolute atomic E-state index is 11.2. The monoisotopic (exact) mass is 235 g/mol. The molecule has 2 rings (SSSR count). The molecule has 0 saturated heterocycles. The standard InChI is InChI=1S/C13H17NOS/c1-8(2)9(3)10-4-5-11-12(6-10)16-7-13(15)14-11/h4-6,8-9H,7H2,1-3H3,(H,14,15). The predicted octanol–water partition coefficient (Wildman–Crippen LogP) is 3.49. The van der Waals surface area contributed by atoms with Gasteiger partial charge in [0.1, 0.15) is 0 Å². The minimum absolute atomic E-state index is 0.0992. The zero-order valence-corrected chi connectivity index (χ0v) is 10.7. The molecule has 1 aliphatic rings. The molecule has 1 unspecified atom stereocenters. The van der Waals surface area contributed by atoms with E-state index < -0.39 is 0 Å². The molecule has 16 heavy (non-hydrogen) atoms. The summed E-state index contributed by atoms with van der Waals surface area (Å²) in [5.41, 5.74) is 2.32. The van der Waals surface area contributed by atoms with Gasteiger partial charge in [-0.05, 0) is 29.5 Å². The summed E-state index contributed by atoms with van der Waals surface area (Å²) in [5.74, 6) is 1.83. The van der Waals surface area contributed by atoms with E-state index in [1.54, 1.807) is 11.8 Å². The molecule has 0 fully saturated rings. The Labute approximate surface area is 101 Å². The van der Waals surface area contributed by atoms with Crippen molar-refractivity contribution in [2.24, 2.45) is 5.92 Å². The molecule has 1 aromatic rings. The van der Waals surface area contributed by atoms with Gasteiger partial charge in [0.15, 0.2) is 0 Å². The first-order valence-electron chi connectivity index (χ1n) is 5.64. The number of anilines is 1. The van der Waals surface area contributed by atoms with E-state index in [1.807, 2.05) is 6.07 Å². The van der Waals surface area contributed by atoms with Gasteiger partial charge in [-0.2, -0.15) is 0 Å². The van der Waals surface area contributed by atoms with Crippen molar-refractivity contribution in [2.45, 2.75) is 31.6 Å². The molecule has 1 atom stereocenters. The third-order valence-electron chi connectivity index (χ3n) is 3.16. The molecule has 2 nitrogen and oxygen atoms in total. The van der Waals surface area contributed by atoms with E-state index in [1.165, 1.54) is 10.5 Å². The summed E-state index contributed by atoms with van der Waals surface area (Å²) >= 11 is 1.63. The molecule has 0 radical (unpaired) electrons. The number of rotatable bonds is 2. The molecule has 0 bridgehead atoms. The second-order valence-corrected chi connectivity index (χ2v) is 5.64. The number of thioether (sulfide) groups is 1. The van der Waals surface area contributed by atoms with Crippen LogP contribution in [0.3, 0.4) is 0 Å². The normalized spacial score (nSPS) is 16.9. The molecule has 1 heterocycles. The summed E-state index contributed by atoms with van der Waals surface area (Å²) in [7, 11) is 0. The van der Waals surface area contributed by atoms with Gasteiger partial charge < -0.3 is 5.32 Å². The molecule has 0 saturated carbocycles. The van der Waals surface area contributed by atoms with Crippen LogP contribution in [0.25, 0.3) is 0 Å². The molecule has 86 valence electrons. The number of amides is 1. The van der Waals surface area contributed by atoms with Gasteiger partial charge in [-0.3, -0.25) is 4.79 Å². The molecule has 1 aromatic carbocycles. The number of benzene rings is 1. The zero-order valence-electron chi connectivity index (χ0n) is 9.91. The van der Waals surface area contributed by atoms with Crippen molar-refractivity contribution in [3.05, 3.63) is 23.8 Å².